The molecular formula is C4H2O2S2. The van der Waals surface area contributed by atoms with Gasteiger partial charge in [0.05, 0.1) is 0 Å². The Hall–Kier alpha value is -0.400. The maximum atomic E-state index is 10.3. The first-order valence-electron chi connectivity index (χ1n) is 1.77. The second-order valence-electron chi connectivity index (χ2n) is 1.01. The Labute approximate surface area is 53.4 Å². The first kappa shape index (κ1) is 5.73. The summed E-state index contributed by atoms with van der Waals surface area (Å²) >= 11 is 0. The molecule has 1 heterocycles. The largest absolute Gasteiger partial charge is 0.383 e. The van der Waals surface area contributed by atoms with Crippen molar-refractivity contribution in [1.29, 1.82) is 0 Å². The van der Waals surface area contributed by atoms with Crippen LogP contribution in [0.2, 0.25) is 0 Å². The lowest BCUT2D eigenvalue weighted by Gasteiger charge is -1.85. The highest BCUT2D eigenvalue weighted by molar-refractivity contribution is 8.69. The highest BCUT2D eigenvalue weighted by atomic mass is 33.1. The van der Waals surface area contributed by atoms with E-state index in [1.807, 2.05) is 0 Å². The lowest BCUT2D eigenvalue weighted by Crippen LogP contribution is -1.80. The van der Waals surface area contributed by atoms with Crippen molar-refractivity contribution in [3.05, 3.63) is 11.2 Å². The molecule has 0 saturated heterocycles. The number of allylic oxidation sites excluding steroid dienone is 1. The van der Waals surface area contributed by atoms with Gasteiger partial charge in [-0.1, -0.05) is 0 Å². The zero-order valence-electron chi connectivity index (χ0n) is 3.79. The second kappa shape index (κ2) is 2.25. The summed E-state index contributed by atoms with van der Waals surface area (Å²) in [5.41, 5.74) is 0. The van der Waals surface area contributed by atoms with Crippen molar-refractivity contribution < 1.29 is 8.39 Å². The number of hydrogen-bond acceptors (Lipinski definition) is 3. The first-order valence-corrected chi connectivity index (χ1v) is 4.24. The topological polar surface area (TPSA) is 26.3 Å². The van der Waals surface area contributed by atoms with Gasteiger partial charge >= 0.3 is 0 Å². The molecule has 4 heteroatoms. The van der Waals surface area contributed by atoms with Gasteiger partial charge in [0.1, 0.15) is 0 Å². The number of rotatable bonds is 0. The quantitative estimate of drug-likeness (QED) is 0.373. The van der Waals surface area contributed by atoms with Gasteiger partial charge in [-0.2, -0.15) is 0 Å². The van der Waals surface area contributed by atoms with E-state index >= 15 is 0 Å². The van der Waals surface area contributed by atoms with Crippen molar-refractivity contribution in [3.63, 3.8) is 0 Å². The molecule has 8 heavy (non-hydrogen) atoms. The molecule has 0 N–H and O–H groups in total. The Bertz CT molecular complexity index is 189. The van der Waals surface area contributed by atoms with Crippen LogP contribution >= 0.6 is 10.8 Å². The third-order valence-electron chi connectivity index (χ3n) is 0.534. The fraction of sp³-hybridized carbons (Fsp3) is 0. The van der Waals surface area contributed by atoms with E-state index in [2.05, 4.69) is 10.1 Å². The molecule has 1 aliphatic rings. The van der Waals surface area contributed by atoms with Gasteiger partial charge in [-0.05, 0) is 5.92 Å². The Morgan fingerprint density at radius 3 is 3.00 bits per heavy atom. The standard InChI is InChI=1S/C4H2O2S2/c1-2-4-3-7-8(5)6-4/h1,3H. The average Bonchev–Trinajstić information content (AvgIpc) is 2.14. The molecule has 0 aromatic carbocycles. The van der Waals surface area contributed by atoms with E-state index in [0.29, 0.717) is 5.76 Å². The van der Waals surface area contributed by atoms with Gasteiger partial charge in [-0.25, -0.2) is 4.21 Å². The molecule has 0 fully saturated rings. The summed E-state index contributed by atoms with van der Waals surface area (Å²) in [4.78, 5) is 0. The minimum atomic E-state index is -1.27. The van der Waals surface area contributed by atoms with E-state index in [1.165, 1.54) is 0 Å². The molecular weight excluding hydrogens is 144 g/mol. The van der Waals surface area contributed by atoms with E-state index in [9.17, 15) is 4.21 Å². The Morgan fingerprint density at radius 2 is 2.75 bits per heavy atom. The molecule has 0 aromatic heterocycles. The van der Waals surface area contributed by atoms with Gasteiger partial charge in [0.2, 0.25) is 0 Å². The molecule has 1 aliphatic heterocycles. The molecule has 0 radical (unpaired) electrons. The minimum absolute atomic E-state index is 0.355. The highest BCUT2D eigenvalue weighted by Gasteiger charge is 2.10. The maximum Gasteiger partial charge on any atom is 0.276 e. The fourth-order valence-corrected chi connectivity index (χ4v) is 1.71. The van der Waals surface area contributed by atoms with Crippen molar-refractivity contribution >= 4 is 20.9 Å². The van der Waals surface area contributed by atoms with Crippen LogP contribution in [0.3, 0.4) is 0 Å². The van der Waals surface area contributed by atoms with E-state index in [1.54, 1.807) is 5.41 Å². The summed E-state index contributed by atoms with van der Waals surface area (Å²) in [6.07, 6.45) is 4.90. The number of hydrogen-bond donors (Lipinski definition) is 0. The third kappa shape index (κ3) is 1.05. The lowest BCUT2D eigenvalue weighted by atomic mass is 10.6. The van der Waals surface area contributed by atoms with Crippen LogP contribution in [0.1, 0.15) is 0 Å². The highest BCUT2D eigenvalue weighted by Crippen LogP contribution is 2.23. The first-order chi connectivity index (χ1) is 3.83. The van der Waals surface area contributed by atoms with Crippen molar-refractivity contribution in [3.8, 4) is 12.3 Å². The summed E-state index contributed by atoms with van der Waals surface area (Å²) in [5.74, 6) is 2.57. The van der Waals surface area contributed by atoms with Gasteiger partial charge < -0.3 is 4.18 Å². The molecule has 1 unspecified atom stereocenters. The predicted molar refractivity (Wildman–Crippen MR) is 33.7 cm³/mol. The smallest absolute Gasteiger partial charge is 0.276 e. The van der Waals surface area contributed by atoms with Crippen LogP contribution in [0.5, 0.6) is 0 Å². The molecule has 0 aromatic rings. The van der Waals surface area contributed by atoms with Crippen LogP contribution < -0.4 is 0 Å². The summed E-state index contributed by atoms with van der Waals surface area (Å²) in [6.45, 7) is 0. The van der Waals surface area contributed by atoms with Crippen molar-refractivity contribution in [1.82, 2.24) is 0 Å². The van der Waals surface area contributed by atoms with Crippen LogP contribution in [-0.4, -0.2) is 4.21 Å². The Morgan fingerprint density at radius 1 is 2.00 bits per heavy atom. The fourth-order valence-electron chi connectivity index (χ4n) is 0.254. The van der Waals surface area contributed by atoms with Crippen LogP contribution in [0.25, 0.3) is 0 Å². The van der Waals surface area contributed by atoms with E-state index < -0.39 is 10.1 Å². The van der Waals surface area contributed by atoms with Crippen LogP contribution in [0, 0.1) is 12.3 Å². The SMILES string of the molecule is C#CC1=CSS(=O)O1. The lowest BCUT2D eigenvalue weighted by molar-refractivity contribution is 0.496. The van der Waals surface area contributed by atoms with Crippen LogP contribution in [-0.2, 0) is 14.3 Å². The number of terminal acetylenes is 1. The van der Waals surface area contributed by atoms with Crippen molar-refractivity contribution in [2.24, 2.45) is 0 Å². The Balaban J connectivity index is 2.66. The summed E-state index contributed by atoms with van der Waals surface area (Å²) in [5, 5.41) is 1.55. The van der Waals surface area contributed by atoms with Gasteiger partial charge in [0, 0.05) is 16.2 Å². The summed E-state index contributed by atoms with van der Waals surface area (Å²) in [6, 6.07) is 0. The van der Waals surface area contributed by atoms with Gasteiger partial charge in [0.15, 0.2) is 5.76 Å². The second-order valence-corrected chi connectivity index (χ2v) is 3.41. The third-order valence-corrected chi connectivity index (χ3v) is 2.28. The van der Waals surface area contributed by atoms with Crippen molar-refractivity contribution in [2.45, 2.75) is 0 Å². The zero-order valence-corrected chi connectivity index (χ0v) is 5.42. The molecule has 1 atom stereocenters. The normalized spacial score (nSPS) is 25.9. The monoisotopic (exact) mass is 146 g/mol. The average molecular weight is 146 g/mol. The predicted octanol–water partition coefficient (Wildman–Crippen LogP) is 0.803. The van der Waals surface area contributed by atoms with E-state index in [0.717, 1.165) is 10.8 Å². The molecule has 0 aliphatic carbocycles. The van der Waals surface area contributed by atoms with Gasteiger partial charge in [-0.15, -0.1) is 6.42 Å². The molecule has 2 nitrogen and oxygen atoms in total. The molecule has 0 bridgehead atoms. The van der Waals surface area contributed by atoms with Crippen LogP contribution in [0.15, 0.2) is 11.2 Å². The minimum Gasteiger partial charge on any atom is -0.383 e. The molecule has 0 spiro atoms. The molecule has 0 saturated carbocycles. The van der Waals surface area contributed by atoms with E-state index in [-0.39, 0.29) is 0 Å². The zero-order chi connectivity index (χ0) is 5.98. The van der Waals surface area contributed by atoms with E-state index in [4.69, 9.17) is 6.42 Å². The van der Waals surface area contributed by atoms with Crippen LogP contribution in [0.4, 0.5) is 0 Å². The molecule has 0 amide bonds. The molecule has 42 valence electrons. The van der Waals surface area contributed by atoms with Gasteiger partial charge in [-0.3, -0.25) is 0 Å². The van der Waals surface area contributed by atoms with Gasteiger partial charge in [0.25, 0.3) is 10.1 Å². The molecule has 1 rings (SSSR count). The Kier molecular flexibility index (Phi) is 1.61. The van der Waals surface area contributed by atoms with Crippen molar-refractivity contribution in [2.75, 3.05) is 0 Å². The summed E-state index contributed by atoms with van der Waals surface area (Å²) in [7, 11) is -0.196. The maximum absolute atomic E-state index is 10.3. The summed E-state index contributed by atoms with van der Waals surface area (Å²) < 4.78 is 14.9.